The number of benzene rings is 1. The molecule has 0 aliphatic heterocycles. The maximum Gasteiger partial charge on any atom is 0.162 e. The van der Waals surface area contributed by atoms with E-state index < -0.39 is 0 Å². The zero-order valence-corrected chi connectivity index (χ0v) is 13.4. The summed E-state index contributed by atoms with van der Waals surface area (Å²) in [6.07, 6.45) is 0. The third-order valence-corrected chi connectivity index (χ3v) is 3.69. The molecule has 0 saturated heterocycles. The van der Waals surface area contributed by atoms with Crippen molar-refractivity contribution in [1.29, 1.82) is 0 Å². The van der Waals surface area contributed by atoms with E-state index in [2.05, 4.69) is 45.1 Å². The Morgan fingerprint density at radius 2 is 1.95 bits per heavy atom. The Morgan fingerprint density at radius 1 is 1.21 bits per heavy atom. The molecule has 2 aromatic rings. The quantitative estimate of drug-likeness (QED) is 0.878. The third kappa shape index (κ3) is 3.25. The first kappa shape index (κ1) is 14.3. The molecule has 3 nitrogen and oxygen atoms in total. The van der Waals surface area contributed by atoms with Crippen LogP contribution < -0.4 is 5.32 Å². The maximum atomic E-state index is 6.05. The fourth-order valence-corrected chi connectivity index (χ4v) is 2.28. The van der Waals surface area contributed by atoms with E-state index in [1.54, 1.807) is 0 Å². The van der Waals surface area contributed by atoms with Gasteiger partial charge in [0.25, 0.3) is 0 Å². The largest absolute Gasteiger partial charge is 0.373 e. The molecule has 2 rings (SSSR count). The first-order valence-electron chi connectivity index (χ1n) is 6.03. The molecule has 0 atom stereocenters. The van der Waals surface area contributed by atoms with E-state index in [1.807, 2.05) is 31.3 Å². The van der Waals surface area contributed by atoms with Crippen molar-refractivity contribution >= 4 is 33.3 Å². The summed E-state index contributed by atoms with van der Waals surface area (Å²) in [5.74, 6) is 1.82. The van der Waals surface area contributed by atoms with Crippen LogP contribution in [0.3, 0.4) is 0 Å². The van der Waals surface area contributed by atoms with Crippen molar-refractivity contribution in [3.05, 3.63) is 39.5 Å². The Hall–Kier alpha value is -1.13. The molecule has 1 N–H and O–H groups in total. The number of hydrogen-bond acceptors (Lipinski definition) is 3. The molecule has 0 bridgehead atoms. The van der Waals surface area contributed by atoms with Crippen molar-refractivity contribution in [1.82, 2.24) is 9.97 Å². The minimum absolute atomic E-state index is 0.340. The topological polar surface area (TPSA) is 37.8 Å². The minimum atomic E-state index is 0.340. The van der Waals surface area contributed by atoms with Crippen LogP contribution in [0.5, 0.6) is 0 Å². The molecule has 0 fully saturated rings. The summed E-state index contributed by atoms with van der Waals surface area (Å²) >= 11 is 9.57. The number of nitrogens with zero attached hydrogens (tertiary/aromatic N) is 2. The van der Waals surface area contributed by atoms with Crippen LogP contribution in [-0.2, 0) is 0 Å². The molecule has 1 heterocycles. The summed E-state index contributed by atoms with van der Waals surface area (Å²) in [4.78, 5) is 9.11. The van der Waals surface area contributed by atoms with Crippen LogP contribution in [0.25, 0.3) is 11.4 Å². The Kier molecular flexibility index (Phi) is 4.42. The highest BCUT2D eigenvalue weighted by molar-refractivity contribution is 9.10. The van der Waals surface area contributed by atoms with Gasteiger partial charge >= 0.3 is 0 Å². The Bertz CT molecular complexity index is 599. The van der Waals surface area contributed by atoms with E-state index in [0.29, 0.717) is 16.8 Å². The van der Waals surface area contributed by atoms with Crippen molar-refractivity contribution in [2.24, 2.45) is 0 Å². The van der Waals surface area contributed by atoms with Gasteiger partial charge in [0.2, 0.25) is 0 Å². The molecule has 0 unspecified atom stereocenters. The Labute approximate surface area is 126 Å². The van der Waals surface area contributed by atoms with E-state index in [0.717, 1.165) is 21.5 Å². The molecule has 0 spiro atoms. The third-order valence-electron chi connectivity index (χ3n) is 2.76. The van der Waals surface area contributed by atoms with E-state index in [4.69, 9.17) is 11.6 Å². The Balaban J connectivity index is 2.60. The van der Waals surface area contributed by atoms with E-state index in [9.17, 15) is 0 Å². The zero-order valence-electron chi connectivity index (χ0n) is 11.0. The van der Waals surface area contributed by atoms with Gasteiger partial charge in [-0.05, 0) is 24.1 Å². The summed E-state index contributed by atoms with van der Waals surface area (Å²) in [5, 5.41) is 3.74. The van der Waals surface area contributed by atoms with Crippen LogP contribution >= 0.6 is 27.5 Å². The maximum absolute atomic E-state index is 6.05. The van der Waals surface area contributed by atoms with Gasteiger partial charge in [0.05, 0.1) is 0 Å². The summed E-state index contributed by atoms with van der Waals surface area (Å²) in [7, 11) is 1.85. The molecule has 0 radical (unpaired) electrons. The standard InChI is InChI=1S/C14H15BrClN3/c1-8(2)12-7-13(17-3)19-14(18-12)10-6-9(16)4-5-11(10)15/h4-8H,1-3H3,(H,17,18,19). The van der Waals surface area contributed by atoms with Crippen LogP contribution in [-0.4, -0.2) is 17.0 Å². The molecule has 1 aromatic carbocycles. The normalized spacial score (nSPS) is 10.8. The average molecular weight is 341 g/mol. The number of nitrogens with one attached hydrogen (secondary N) is 1. The van der Waals surface area contributed by atoms with E-state index in [-0.39, 0.29) is 0 Å². The van der Waals surface area contributed by atoms with E-state index >= 15 is 0 Å². The molecule has 5 heteroatoms. The average Bonchev–Trinajstić information content (AvgIpc) is 2.40. The smallest absolute Gasteiger partial charge is 0.162 e. The first-order chi connectivity index (χ1) is 9.01. The van der Waals surface area contributed by atoms with Crippen molar-refractivity contribution in [2.75, 3.05) is 12.4 Å². The van der Waals surface area contributed by atoms with Crippen molar-refractivity contribution in [3.8, 4) is 11.4 Å². The number of halogens is 2. The van der Waals surface area contributed by atoms with Crippen LogP contribution in [0.1, 0.15) is 25.5 Å². The van der Waals surface area contributed by atoms with Gasteiger partial charge in [0, 0.05) is 33.9 Å². The molecule has 1 aromatic heterocycles. The predicted octanol–water partition coefficient (Wildman–Crippen LogP) is 4.72. The van der Waals surface area contributed by atoms with Gasteiger partial charge < -0.3 is 5.32 Å². The molecular formula is C14H15BrClN3. The van der Waals surface area contributed by atoms with E-state index in [1.165, 1.54) is 0 Å². The number of rotatable bonds is 3. The summed E-state index contributed by atoms with van der Waals surface area (Å²) < 4.78 is 0.930. The van der Waals surface area contributed by atoms with Gasteiger partial charge in [-0.1, -0.05) is 41.4 Å². The molecule has 100 valence electrons. The molecule has 0 aliphatic rings. The number of anilines is 1. The highest BCUT2D eigenvalue weighted by Gasteiger charge is 2.12. The Morgan fingerprint density at radius 3 is 2.58 bits per heavy atom. The van der Waals surface area contributed by atoms with Gasteiger partial charge in [-0.2, -0.15) is 0 Å². The second-order valence-corrected chi connectivity index (χ2v) is 5.82. The van der Waals surface area contributed by atoms with Crippen molar-refractivity contribution < 1.29 is 0 Å². The second-order valence-electron chi connectivity index (χ2n) is 4.53. The lowest BCUT2D eigenvalue weighted by molar-refractivity contribution is 0.817. The number of hydrogen-bond donors (Lipinski definition) is 1. The summed E-state index contributed by atoms with van der Waals surface area (Å²) in [6.45, 7) is 4.22. The monoisotopic (exact) mass is 339 g/mol. The minimum Gasteiger partial charge on any atom is -0.373 e. The van der Waals surface area contributed by atoms with Crippen molar-refractivity contribution in [3.63, 3.8) is 0 Å². The van der Waals surface area contributed by atoms with Gasteiger partial charge in [0.15, 0.2) is 5.82 Å². The molecule has 19 heavy (non-hydrogen) atoms. The SMILES string of the molecule is CNc1cc(C(C)C)nc(-c2cc(Cl)ccc2Br)n1. The molecule has 0 amide bonds. The zero-order chi connectivity index (χ0) is 14.0. The lowest BCUT2D eigenvalue weighted by atomic mass is 10.1. The predicted molar refractivity (Wildman–Crippen MR) is 83.8 cm³/mol. The second kappa shape index (κ2) is 5.88. The van der Waals surface area contributed by atoms with Gasteiger partial charge in [-0.25, -0.2) is 9.97 Å². The first-order valence-corrected chi connectivity index (χ1v) is 7.20. The lowest BCUT2D eigenvalue weighted by Gasteiger charge is -2.11. The van der Waals surface area contributed by atoms with Crippen LogP contribution in [0.2, 0.25) is 5.02 Å². The van der Waals surface area contributed by atoms with Gasteiger partial charge in [-0.15, -0.1) is 0 Å². The van der Waals surface area contributed by atoms with Crippen molar-refractivity contribution in [2.45, 2.75) is 19.8 Å². The van der Waals surface area contributed by atoms with Crippen LogP contribution in [0, 0.1) is 0 Å². The fourth-order valence-electron chi connectivity index (χ4n) is 1.68. The molecular weight excluding hydrogens is 326 g/mol. The fraction of sp³-hybridized carbons (Fsp3) is 0.286. The summed E-state index contributed by atoms with van der Waals surface area (Å²) in [6, 6.07) is 7.57. The molecule has 0 aliphatic carbocycles. The van der Waals surface area contributed by atoms with Gasteiger partial charge in [-0.3, -0.25) is 0 Å². The highest BCUT2D eigenvalue weighted by Crippen LogP contribution is 2.30. The molecule has 0 saturated carbocycles. The van der Waals surface area contributed by atoms with Crippen LogP contribution in [0.15, 0.2) is 28.7 Å². The van der Waals surface area contributed by atoms with Crippen LogP contribution in [0.4, 0.5) is 5.82 Å². The lowest BCUT2D eigenvalue weighted by Crippen LogP contribution is -2.02. The number of aromatic nitrogens is 2. The van der Waals surface area contributed by atoms with Gasteiger partial charge in [0.1, 0.15) is 5.82 Å². The summed E-state index contributed by atoms with van der Waals surface area (Å²) in [5.41, 5.74) is 1.90. The highest BCUT2D eigenvalue weighted by atomic mass is 79.9.